The molecule has 0 aliphatic rings. The predicted octanol–water partition coefficient (Wildman–Crippen LogP) is 2.83. The van der Waals surface area contributed by atoms with Crippen LogP contribution in [0, 0.1) is 0 Å². The van der Waals surface area contributed by atoms with Gasteiger partial charge in [0.25, 0.3) is 5.56 Å². The molecule has 2 heterocycles. The van der Waals surface area contributed by atoms with Crippen molar-refractivity contribution in [2.45, 2.75) is 13.0 Å². The highest BCUT2D eigenvalue weighted by atomic mass is 35.5. The molecule has 0 fully saturated rings. The lowest BCUT2D eigenvalue weighted by atomic mass is 10.1. The highest BCUT2D eigenvalue weighted by Gasteiger charge is 2.13. The first-order valence-electron chi connectivity index (χ1n) is 8.78. The highest BCUT2D eigenvalue weighted by molar-refractivity contribution is 6.30. The molecule has 0 atom stereocenters. The number of rotatable bonds is 6. The van der Waals surface area contributed by atoms with Gasteiger partial charge in [-0.2, -0.15) is 9.50 Å². The van der Waals surface area contributed by atoms with Gasteiger partial charge < -0.3 is 10.1 Å². The monoisotopic (exact) mass is 409 g/mol. The van der Waals surface area contributed by atoms with Gasteiger partial charge in [0.2, 0.25) is 11.7 Å². The van der Waals surface area contributed by atoms with Crippen LogP contribution < -0.4 is 15.6 Å². The van der Waals surface area contributed by atoms with Crippen LogP contribution in [0.1, 0.15) is 11.4 Å². The molecule has 0 bridgehead atoms. The minimum atomic E-state index is -0.401. The van der Waals surface area contributed by atoms with E-state index in [2.05, 4.69) is 20.4 Å². The molecule has 2 N–H and O–H groups in total. The second-order valence-electron chi connectivity index (χ2n) is 6.24. The number of anilines is 1. The minimum Gasteiger partial charge on any atom is -0.486 e. The minimum absolute atomic E-state index is 0.117. The van der Waals surface area contributed by atoms with Crippen LogP contribution in [-0.2, 0) is 17.8 Å². The van der Waals surface area contributed by atoms with Crippen molar-refractivity contribution in [1.29, 1.82) is 0 Å². The van der Waals surface area contributed by atoms with Crippen molar-refractivity contribution in [3.63, 3.8) is 0 Å². The average Bonchev–Trinajstić information content (AvgIpc) is 3.12. The first kappa shape index (κ1) is 18.7. The summed E-state index contributed by atoms with van der Waals surface area (Å²) in [6, 6.07) is 17.5. The van der Waals surface area contributed by atoms with Gasteiger partial charge in [-0.15, -0.1) is 5.10 Å². The molecule has 0 unspecified atom stereocenters. The molecular formula is C20H16ClN5O3. The van der Waals surface area contributed by atoms with Gasteiger partial charge in [0.1, 0.15) is 18.2 Å². The van der Waals surface area contributed by atoms with Gasteiger partial charge in [0.05, 0.1) is 6.42 Å². The summed E-state index contributed by atoms with van der Waals surface area (Å²) in [5.41, 5.74) is 0.394. The lowest BCUT2D eigenvalue weighted by Crippen LogP contribution is -2.20. The van der Waals surface area contributed by atoms with Crippen LogP contribution in [0.5, 0.6) is 5.75 Å². The van der Waals surface area contributed by atoms with E-state index in [1.165, 1.54) is 10.6 Å². The van der Waals surface area contributed by atoms with Gasteiger partial charge in [-0.3, -0.25) is 14.6 Å². The molecule has 0 aliphatic heterocycles. The SMILES string of the molecule is O=C(Cc1ccc(Cl)cc1)Nc1cc(=O)[nH]c2nc(COc3ccccc3)nn12. The fourth-order valence-electron chi connectivity index (χ4n) is 2.72. The smallest absolute Gasteiger partial charge is 0.254 e. The maximum absolute atomic E-state index is 12.4. The highest BCUT2D eigenvalue weighted by Crippen LogP contribution is 2.13. The van der Waals surface area contributed by atoms with Crippen molar-refractivity contribution < 1.29 is 9.53 Å². The summed E-state index contributed by atoms with van der Waals surface area (Å²) in [5.74, 6) is 1.18. The number of carbonyl (C=O) groups excluding carboxylic acids is 1. The van der Waals surface area contributed by atoms with Crippen LogP contribution in [-0.4, -0.2) is 25.5 Å². The van der Waals surface area contributed by atoms with Crippen LogP contribution in [0.25, 0.3) is 5.78 Å². The van der Waals surface area contributed by atoms with Gasteiger partial charge in [-0.05, 0) is 29.8 Å². The van der Waals surface area contributed by atoms with Crippen molar-refractivity contribution in [2.24, 2.45) is 0 Å². The summed E-state index contributed by atoms with van der Waals surface area (Å²) in [5, 5.41) is 7.62. The summed E-state index contributed by atoms with van der Waals surface area (Å²) in [4.78, 5) is 31.2. The topological polar surface area (TPSA) is 101 Å². The molecular weight excluding hydrogens is 394 g/mol. The second-order valence-corrected chi connectivity index (χ2v) is 6.67. The first-order chi connectivity index (χ1) is 14.1. The van der Waals surface area contributed by atoms with Crippen molar-refractivity contribution in [2.75, 3.05) is 5.32 Å². The van der Waals surface area contributed by atoms with E-state index in [-0.39, 0.29) is 30.5 Å². The number of aromatic amines is 1. The molecule has 2 aromatic heterocycles. The Morgan fingerprint density at radius 2 is 1.90 bits per heavy atom. The van der Waals surface area contributed by atoms with Crippen LogP contribution >= 0.6 is 11.6 Å². The number of nitrogens with one attached hydrogen (secondary N) is 2. The number of ether oxygens (including phenoxy) is 1. The molecule has 146 valence electrons. The molecule has 1 amide bonds. The largest absolute Gasteiger partial charge is 0.486 e. The molecule has 8 nitrogen and oxygen atoms in total. The number of benzene rings is 2. The summed E-state index contributed by atoms with van der Waals surface area (Å²) in [6.07, 6.45) is 0.129. The number of hydrogen-bond acceptors (Lipinski definition) is 5. The molecule has 2 aromatic carbocycles. The number of aromatic nitrogens is 4. The number of fused-ring (bicyclic) bond motifs is 1. The maximum atomic E-state index is 12.4. The molecule has 0 radical (unpaired) electrons. The van der Waals surface area contributed by atoms with E-state index >= 15 is 0 Å². The van der Waals surface area contributed by atoms with Gasteiger partial charge in [-0.25, -0.2) is 0 Å². The second kappa shape index (κ2) is 8.15. The van der Waals surface area contributed by atoms with E-state index in [0.29, 0.717) is 16.6 Å². The number of amides is 1. The normalized spacial score (nSPS) is 10.8. The van der Waals surface area contributed by atoms with E-state index < -0.39 is 5.56 Å². The molecule has 9 heteroatoms. The van der Waals surface area contributed by atoms with E-state index in [1.807, 2.05) is 30.3 Å². The van der Waals surface area contributed by atoms with E-state index in [9.17, 15) is 9.59 Å². The summed E-state index contributed by atoms with van der Waals surface area (Å²) < 4.78 is 7.00. The zero-order chi connectivity index (χ0) is 20.2. The number of carbonyl (C=O) groups is 1. The number of H-pyrrole nitrogens is 1. The van der Waals surface area contributed by atoms with Crippen LogP contribution in [0.4, 0.5) is 5.82 Å². The third-order valence-electron chi connectivity index (χ3n) is 4.04. The Morgan fingerprint density at radius 1 is 1.14 bits per heavy atom. The number of hydrogen-bond donors (Lipinski definition) is 2. The van der Waals surface area contributed by atoms with Gasteiger partial charge >= 0.3 is 0 Å². The Kier molecular flexibility index (Phi) is 5.26. The van der Waals surface area contributed by atoms with Crippen molar-refractivity contribution in [1.82, 2.24) is 19.6 Å². The van der Waals surface area contributed by atoms with Crippen LogP contribution in [0.3, 0.4) is 0 Å². The molecule has 29 heavy (non-hydrogen) atoms. The molecule has 0 saturated carbocycles. The van der Waals surface area contributed by atoms with Crippen molar-refractivity contribution >= 4 is 29.1 Å². The first-order valence-corrected chi connectivity index (χ1v) is 9.16. The zero-order valence-electron chi connectivity index (χ0n) is 15.1. The average molecular weight is 410 g/mol. The predicted molar refractivity (Wildman–Crippen MR) is 108 cm³/mol. The quantitative estimate of drug-likeness (QED) is 0.510. The molecule has 0 aliphatic carbocycles. The fraction of sp³-hybridized carbons (Fsp3) is 0.100. The zero-order valence-corrected chi connectivity index (χ0v) is 15.9. The van der Waals surface area contributed by atoms with Crippen LogP contribution in [0.2, 0.25) is 5.02 Å². The van der Waals surface area contributed by atoms with Crippen molar-refractivity contribution in [3.8, 4) is 5.75 Å². The van der Waals surface area contributed by atoms with Gasteiger partial charge in [0, 0.05) is 11.1 Å². The standard InChI is InChI=1S/C20H16ClN5O3/c21-14-8-6-13(7-9-14)10-18(27)23-17-11-19(28)24-20-22-16(25-26(17)20)12-29-15-4-2-1-3-5-15/h1-9,11H,10,12H2,(H,23,27)(H,22,24,25,28). The summed E-state index contributed by atoms with van der Waals surface area (Å²) >= 11 is 5.86. The fourth-order valence-corrected chi connectivity index (χ4v) is 2.85. The Morgan fingerprint density at radius 3 is 2.66 bits per heavy atom. The third-order valence-corrected chi connectivity index (χ3v) is 4.29. The molecule has 0 saturated heterocycles. The summed E-state index contributed by atoms with van der Waals surface area (Å²) in [7, 11) is 0. The Balaban J connectivity index is 1.52. The molecule has 4 rings (SSSR count). The Labute approximate surface area is 170 Å². The van der Waals surface area contributed by atoms with Gasteiger partial charge in [-0.1, -0.05) is 41.9 Å². The maximum Gasteiger partial charge on any atom is 0.254 e. The summed E-state index contributed by atoms with van der Waals surface area (Å²) in [6.45, 7) is 0.117. The number of halogens is 1. The van der Waals surface area contributed by atoms with Gasteiger partial charge in [0.15, 0.2) is 5.82 Å². The van der Waals surface area contributed by atoms with E-state index in [0.717, 1.165) is 5.56 Å². The van der Waals surface area contributed by atoms with Crippen LogP contribution in [0.15, 0.2) is 65.5 Å². The lowest BCUT2D eigenvalue weighted by Gasteiger charge is -2.06. The Hall–Kier alpha value is -3.65. The van der Waals surface area contributed by atoms with Crippen molar-refractivity contribution in [3.05, 3.63) is 87.4 Å². The lowest BCUT2D eigenvalue weighted by molar-refractivity contribution is -0.115. The van der Waals surface area contributed by atoms with E-state index in [1.54, 1.807) is 24.3 Å². The molecule has 0 spiro atoms. The number of para-hydroxylation sites is 1. The van der Waals surface area contributed by atoms with E-state index in [4.69, 9.17) is 16.3 Å². The number of nitrogens with zero attached hydrogens (tertiary/aromatic N) is 3. The molecule has 4 aromatic rings. The Bertz CT molecular complexity index is 1200. The third kappa shape index (κ3) is 4.61.